The van der Waals surface area contributed by atoms with Gasteiger partial charge in [-0.25, -0.2) is 5.01 Å². The lowest BCUT2D eigenvalue weighted by Gasteiger charge is -2.39. The van der Waals surface area contributed by atoms with Crippen LogP contribution in [0.3, 0.4) is 0 Å². The molecule has 0 aliphatic carbocycles. The summed E-state index contributed by atoms with van der Waals surface area (Å²) >= 11 is 0. The molecule has 0 amide bonds. The molecule has 0 saturated carbocycles. The standard InChI is InChI=1S/C14H23N3O/c1-10-8-13(14(18-4)9-15-10)16-17-11(2)6-5-7-12(17)3/h8-9,11-12H,5-7H2,1-4H3,(H,15,16). The highest BCUT2D eigenvalue weighted by Crippen LogP contribution is 2.28. The first-order chi connectivity index (χ1) is 8.61. The van der Waals surface area contributed by atoms with Crippen LogP contribution in [-0.2, 0) is 0 Å². The van der Waals surface area contributed by atoms with Crippen molar-refractivity contribution in [1.82, 2.24) is 9.99 Å². The molecule has 2 heterocycles. The van der Waals surface area contributed by atoms with E-state index in [1.165, 1.54) is 19.3 Å². The Morgan fingerprint density at radius 1 is 1.33 bits per heavy atom. The maximum Gasteiger partial charge on any atom is 0.161 e. The molecule has 2 atom stereocenters. The normalized spacial score (nSPS) is 24.9. The lowest BCUT2D eigenvalue weighted by atomic mass is 10.00. The van der Waals surface area contributed by atoms with Gasteiger partial charge in [0.25, 0.3) is 0 Å². The summed E-state index contributed by atoms with van der Waals surface area (Å²) in [5, 5.41) is 2.33. The number of ether oxygens (including phenoxy) is 1. The summed E-state index contributed by atoms with van der Waals surface area (Å²) < 4.78 is 5.36. The van der Waals surface area contributed by atoms with Crippen LogP contribution in [0.2, 0.25) is 0 Å². The van der Waals surface area contributed by atoms with Crippen molar-refractivity contribution < 1.29 is 4.74 Å². The van der Waals surface area contributed by atoms with Crippen LogP contribution in [0, 0.1) is 6.92 Å². The molecule has 1 aromatic rings. The third kappa shape index (κ3) is 2.75. The van der Waals surface area contributed by atoms with Crippen LogP contribution in [0.25, 0.3) is 0 Å². The zero-order valence-electron chi connectivity index (χ0n) is 11.7. The molecule has 2 rings (SSSR count). The minimum atomic E-state index is 0.548. The van der Waals surface area contributed by atoms with Gasteiger partial charge in [-0.15, -0.1) is 0 Å². The van der Waals surface area contributed by atoms with Crippen molar-refractivity contribution in [3.05, 3.63) is 18.0 Å². The largest absolute Gasteiger partial charge is 0.493 e. The average Bonchev–Trinajstić information content (AvgIpc) is 2.34. The van der Waals surface area contributed by atoms with E-state index >= 15 is 0 Å². The van der Waals surface area contributed by atoms with Crippen LogP contribution in [0.5, 0.6) is 5.75 Å². The first-order valence-electron chi connectivity index (χ1n) is 6.67. The Morgan fingerprint density at radius 2 is 2.00 bits per heavy atom. The molecule has 1 N–H and O–H groups in total. The number of aryl methyl sites for hydroxylation is 1. The quantitative estimate of drug-likeness (QED) is 0.893. The lowest BCUT2D eigenvalue weighted by molar-refractivity contribution is 0.135. The fourth-order valence-electron chi connectivity index (χ4n) is 2.58. The molecule has 4 nitrogen and oxygen atoms in total. The maximum atomic E-state index is 5.36. The van der Waals surface area contributed by atoms with E-state index in [-0.39, 0.29) is 0 Å². The van der Waals surface area contributed by atoms with E-state index in [4.69, 9.17) is 4.74 Å². The summed E-state index contributed by atoms with van der Waals surface area (Å²) in [5.41, 5.74) is 5.51. The molecule has 1 saturated heterocycles. The number of piperidine rings is 1. The Hall–Kier alpha value is -1.29. The van der Waals surface area contributed by atoms with Crippen LogP contribution in [0.1, 0.15) is 38.8 Å². The molecule has 1 aliphatic rings. The van der Waals surface area contributed by atoms with Crippen LogP contribution >= 0.6 is 0 Å². The van der Waals surface area contributed by atoms with Crippen LogP contribution in [-0.4, -0.2) is 29.2 Å². The number of hydrogen-bond donors (Lipinski definition) is 1. The van der Waals surface area contributed by atoms with E-state index in [1.54, 1.807) is 13.3 Å². The zero-order chi connectivity index (χ0) is 13.1. The lowest BCUT2D eigenvalue weighted by Crippen LogP contribution is -2.47. The van der Waals surface area contributed by atoms with Gasteiger partial charge in [0, 0.05) is 17.8 Å². The Balaban J connectivity index is 2.19. The topological polar surface area (TPSA) is 37.4 Å². The molecule has 0 aromatic carbocycles. The minimum Gasteiger partial charge on any atom is -0.493 e. The van der Waals surface area contributed by atoms with Crippen LogP contribution in [0.15, 0.2) is 12.3 Å². The smallest absolute Gasteiger partial charge is 0.161 e. The van der Waals surface area contributed by atoms with E-state index in [0.717, 1.165) is 17.1 Å². The van der Waals surface area contributed by atoms with Crippen molar-refractivity contribution in [2.24, 2.45) is 0 Å². The van der Waals surface area contributed by atoms with Gasteiger partial charge in [-0.1, -0.05) is 6.42 Å². The molecule has 2 unspecified atom stereocenters. The van der Waals surface area contributed by atoms with Crippen molar-refractivity contribution >= 4 is 5.69 Å². The molecule has 4 heteroatoms. The highest BCUT2D eigenvalue weighted by molar-refractivity contribution is 5.55. The first-order valence-corrected chi connectivity index (χ1v) is 6.67. The molecule has 18 heavy (non-hydrogen) atoms. The van der Waals surface area contributed by atoms with Crippen molar-refractivity contribution in [2.75, 3.05) is 12.5 Å². The first kappa shape index (κ1) is 13.1. The second-order valence-electron chi connectivity index (χ2n) is 5.17. The maximum absolute atomic E-state index is 5.36. The molecule has 1 aromatic heterocycles. The molecule has 0 radical (unpaired) electrons. The van der Waals surface area contributed by atoms with Crippen molar-refractivity contribution in [2.45, 2.75) is 52.1 Å². The molecular weight excluding hydrogens is 226 g/mol. The summed E-state index contributed by atoms with van der Waals surface area (Å²) in [6, 6.07) is 3.13. The van der Waals surface area contributed by atoms with Gasteiger partial charge in [-0.3, -0.25) is 4.98 Å². The summed E-state index contributed by atoms with van der Waals surface area (Å²) in [6.07, 6.45) is 5.57. The number of nitrogens with one attached hydrogen (secondary N) is 1. The van der Waals surface area contributed by atoms with Crippen molar-refractivity contribution in [1.29, 1.82) is 0 Å². The van der Waals surface area contributed by atoms with Gasteiger partial charge in [0.1, 0.15) is 0 Å². The second kappa shape index (κ2) is 5.57. The van der Waals surface area contributed by atoms with Gasteiger partial charge in [0.2, 0.25) is 0 Å². The number of hydrogen-bond acceptors (Lipinski definition) is 4. The van der Waals surface area contributed by atoms with Crippen molar-refractivity contribution in [3.63, 3.8) is 0 Å². The summed E-state index contributed by atoms with van der Waals surface area (Å²) in [5.74, 6) is 0.797. The molecular formula is C14H23N3O. The van der Waals surface area contributed by atoms with Gasteiger partial charge in [-0.2, -0.15) is 0 Å². The number of aromatic nitrogens is 1. The fourth-order valence-corrected chi connectivity index (χ4v) is 2.58. The average molecular weight is 249 g/mol. The molecule has 0 bridgehead atoms. The Labute approximate surface area is 109 Å². The predicted molar refractivity (Wildman–Crippen MR) is 73.8 cm³/mol. The number of pyridine rings is 1. The van der Waals surface area contributed by atoms with E-state index in [9.17, 15) is 0 Å². The van der Waals surface area contributed by atoms with Gasteiger partial charge < -0.3 is 10.2 Å². The number of rotatable bonds is 3. The Morgan fingerprint density at radius 3 is 2.61 bits per heavy atom. The summed E-state index contributed by atoms with van der Waals surface area (Å²) in [7, 11) is 1.68. The Bertz CT molecular complexity index is 398. The second-order valence-corrected chi connectivity index (χ2v) is 5.17. The van der Waals surface area contributed by atoms with Gasteiger partial charge in [-0.05, 0) is 39.7 Å². The highest BCUT2D eigenvalue weighted by Gasteiger charge is 2.25. The summed E-state index contributed by atoms with van der Waals surface area (Å²) in [4.78, 5) is 4.26. The van der Waals surface area contributed by atoms with Crippen LogP contribution in [0.4, 0.5) is 5.69 Å². The Kier molecular flexibility index (Phi) is 4.07. The molecule has 1 fully saturated rings. The third-order valence-corrected chi connectivity index (χ3v) is 3.67. The number of anilines is 1. The monoisotopic (exact) mass is 249 g/mol. The van der Waals surface area contributed by atoms with E-state index < -0.39 is 0 Å². The SMILES string of the molecule is COc1cnc(C)cc1NN1C(C)CCCC1C. The fraction of sp³-hybridized carbons (Fsp3) is 0.643. The number of methoxy groups -OCH3 is 1. The molecule has 100 valence electrons. The number of nitrogens with zero attached hydrogens (tertiary/aromatic N) is 2. The third-order valence-electron chi connectivity index (χ3n) is 3.67. The van der Waals surface area contributed by atoms with E-state index in [0.29, 0.717) is 12.1 Å². The van der Waals surface area contributed by atoms with Crippen molar-refractivity contribution in [3.8, 4) is 5.75 Å². The highest BCUT2D eigenvalue weighted by atomic mass is 16.5. The number of hydrazine groups is 1. The molecule has 0 spiro atoms. The molecule has 1 aliphatic heterocycles. The van der Waals surface area contributed by atoms with Gasteiger partial charge in [0.05, 0.1) is 19.0 Å². The predicted octanol–water partition coefficient (Wildman–Crippen LogP) is 2.99. The van der Waals surface area contributed by atoms with Gasteiger partial charge >= 0.3 is 0 Å². The van der Waals surface area contributed by atoms with Crippen LogP contribution < -0.4 is 10.2 Å². The zero-order valence-corrected chi connectivity index (χ0v) is 11.7. The van der Waals surface area contributed by atoms with Gasteiger partial charge in [0.15, 0.2) is 5.75 Å². The summed E-state index contributed by atoms with van der Waals surface area (Å²) in [6.45, 7) is 6.53. The minimum absolute atomic E-state index is 0.548. The van der Waals surface area contributed by atoms with E-state index in [1.807, 2.05) is 13.0 Å². The van der Waals surface area contributed by atoms with E-state index in [2.05, 4.69) is 29.3 Å².